The molecule has 0 fully saturated rings. The summed E-state index contributed by atoms with van der Waals surface area (Å²) in [4.78, 5) is 20.4. The highest BCUT2D eigenvalue weighted by Crippen LogP contribution is 2.00. The first-order valence-corrected chi connectivity index (χ1v) is 2.58. The maximum Gasteiger partial charge on any atom is 0.276 e. The lowest BCUT2D eigenvalue weighted by Crippen LogP contribution is -2.19. The highest BCUT2D eigenvalue weighted by Gasteiger charge is 2.10. The molecule has 0 radical (unpaired) electrons. The van der Waals surface area contributed by atoms with Crippen molar-refractivity contribution in [2.75, 3.05) is 7.05 Å². The van der Waals surface area contributed by atoms with E-state index in [1.807, 2.05) is 0 Å². The van der Waals surface area contributed by atoms with Crippen molar-refractivity contribution in [2.24, 2.45) is 5.18 Å². The van der Waals surface area contributed by atoms with Gasteiger partial charge in [-0.1, -0.05) is 0 Å². The Morgan fingerprint density at radius 1 is 1.60 bits per heavy atom. The fourth-order valence-electron chi connectivity index (χ4n) is 0.390. The van der Waals surface area contributed by atoms with Crippen molar-refractivity contribution >= 4 is 5.91 Å². The number of hydrogen-bond donors (Lipinski definition) is 2. The third-order valence-corrected chi connectivity index (χ3v) is 0.876. The van der Waals surface area contributed by atoms with E-state index >= 15 is 0 Å². The molecule has 0 unspecified atom stereocenters. The highest BCUT2D eigenvalue weighted by molar-refractivity contribution is 5.93. The van der Waals surface area contributed by atoms with Crippen molar-refractivity contribution < 1.29 is 9.90 Å². The van der Waals surface area contributed by atoms with Gasteiger partial charge in [-0.3, -0.25) is 4.79 Å². The molecule has 56 valence electrons. The molecule has 5 heteroatoms. The second-order valence-corrected chi connectivity index (χ2v) is 1.60. The minimum atomic E-state index is -0.685. The van der Waals surface area contributed by atoms with Gasteiger partial charge in [0, 0.05) is 7.05 Å². The van der Waals surface area contributed by atoms with Gasteiger partial charge in [0.05, 0.1) is 0 Å². The zero-order valence-corrected chi connectivity index (χ0v) is 5.71. The van der Waals surface area contributed by atoms with Gasteiger partial charge in [0.25, 0.3) is 5.91 Å². The number of likely N-dealkylation sites (N-methyl/N-ethyl adjacent to an activating group) is 1. The maximum atomic E-state index is 10.6. The van der Waals surface area contributed by atoms with E-state index in [1.165, 1.54) is 14.0 Å². The summed E-state index contributed by atoms with van der Waals surface area (Å²) in [7, 11) is 1.34. The Morgan fingerprint density at radius 2 is 2.10 bits per heavy atom. The van der Waals surface area contributed by atoms with Gasteiger partial charge >= 0.3 is 0 Å². The first kappa shape index (κ1) is 8.61. The first-order valence-electron chi connectivity index (χ1n) is 2.58. The second-order valence-electron chi connectivity index (χ2n) is 1.60. The van der Waals surface area contributed by atoms with Crippen molar-refractivity contribution in [1.82, 2.24) is 5.32 Å². The van der Waals surface area contributed by atoms with Crippen molar-refractivity contribution in [3.8, 4) is 0 Å². The number of carbonyl (C=O) groups excluding carboxylic acids is 1. The van der Waals surface area contributed by atoms with Crippen molar-refractivity contribution in [3.05, 3.63) is 16.4 Å². The molecule has 0 aromatic rings. The van der Waals surface area contributed by atoms with E-state index in [0.717, 1.165) is 0 Å². The van der Waals surface area contributed by atoms with Gasteiger partial charge in [0.1, 0.15) is 5.76 Å². The van der Waals surface area contributed by atoms with Gasteiger partial charge in [-0.05, 0) is 12.1 Å². The predicted molar refractivity (Wildman–Crippen MR) is 35.2 cm³/mol. The van der Waals surface area contributed by atoms with Crippen LogP contribution in [-0.4, -0.2) is 18.1 Å². The van der Waals surface area contributed by atoms with Crippen LogP contribution in [0.5, 0.6) is 0 Å². The fourth-order valence-corrected chi connectivity index (χ4v) is 0.390. The number of aliphatic hydroxyl groups excluding tert-OH is 1. The molecule has 0 bridgehead atoms. The second kappa shape index (κ2) is 3.60. The fraction of sp³-hybridized carbons (Fsp3) is 0.400. The van der Waals surface area contributed by atoms with Crippen LogP contribution in [0.4, 0.5) is 0 Å². The molecule has 2 N–H and O–H groups in total. The number of allylic oxidation sites excluding steroid dienone is 1. The molecule has 0 heterocycles. The summed E-state index contributed by atoms with van der Waals surface area (Å²) >= 11 is 0. The van der Waals surface area contributed by atoms with Gasteiger partial charge in [-0.15, -0.1) is 4.91 Å². The predicted octanol–water partition coefficient (Wildman–Crippen LogP) is 0.288. The van der Waals surface area contributed by atoms with E-state index in [0.29, 0.717) is 0 Å². The Morgan fingerprint density at radius 3 is 2.20 bits per heavy atom. The standard InChI is InChI=1S/C5H8N2O3/c1-3(8)4(7-10)5(9)6-2/h8H,1-2H3,(H,6,9)/b4-3-. The van der Waals surface area contributed by atoms with Crippen LogP contribution in [0.1, 0.15) is 6.92 Å². The van der Waals surface area contributed by atoms with Crippen LogP contribution in [0.3, 0.4) is 0 Å². The number of aliphatic hydroxyl groups is 1. The zero-order valence-electron chi connectivity index (χ0n) is 5.71. The first-order chi connectivity index (χ1) is 4.63. The topological polar surface area (TPSA) is 78.8 Å². The Labute approximate surface area is 57.7 Å². The average Bonchev–Trinajstić information content (AvgIpc) is 1.88. The average molecular weight is 144 g/mol. The monoisotopic (exact) mass is 144 g/mol. The number of hydrogen-bond acceptors (Lipinski definition) is 4. The van der Waals surface area contributed by atoms with Crippen LogP contribution < -0.4 is 5.32 Å². The largest absolute Gasteiger partial charge is 0.510 e. The number of rotatable bonds is 2. The quantitative estimate of drug-likeness (QED) is 0.332. The molecule has 0 aliphatic rings. The number of carbonyl (C=O) groups is 1. The lowest BCUT2D eigenvalue weighted by molar-refractivity contribution is -0.117. The molecule has 0 aromatic heterocycles. The summed E-state index contributed by atoms with van der Waals surface area (Å²) in [6.07, 6.45) is 0. The van der Waals surface area contributed by atoms with Crippen LogP contribution in [0, 0.1) is 4.91 Å². The smallest absolute Gasteiger partial charge is 0.276 e. The molecule has 1 amide bonds. The summed E-state index contributed by atoms with van der Waals surface area (Å²) in [5.74, 6) is -1.07. The third-order valence-electron chi connectivity index (χ3n) is 0.876. The van der Waals surface area contributed by atoms with Crippen molar-refractivity contribution in [2.45, 2.75) is 6.92 Å². The number of amides is 1. The molecule has 0 aliphatic carbocycles. The lowest BCUT2D eigenvalue weighted by atomic mass is 10.4. The Kier molecular flexibility index (Phi) is 3.10. The molecule has 10 heavy (non-hydrogen) atoms. The number of nitrogens with one attached hydrogen (secondary N) is 1. The van der Waals surface area contributed by atoms with Gasteiger partial charge < -0.3 is 10.4 Å². The molecule has 0 saturated carbocycles. The van der Waals surface area contributed by atoms with E-state index in [-0.39, 0.29) is 5.76 Å². The van der Waals surface area contributed by atoms with E-state index < -0.39 is 11.6 Å². The Bertz CT molecular complexity index is 181. The number of nitroso groups, excluding NO2 is 1. The van der Waals surface area contributed by atoms with Gasteiger partial charge in [0.2, 0.25) is 5.70 Å². The van der Waals surface area contributed by atoms with Crippen LogP contribution in [0.2, 0.25) is 0 Å². The summed E-state index contributed by atoms with van der Waals surface area (Å²) in [5, 5.41) is 13.1. The van der Waals surface area contributed by atoms with E-state index in [4.69, 9.17) is 5.11 Å². The van der Waals surface area contributed by atoms with Gasteiger partial charge in [-0.2, -0.15) is 0 Å². The third kappa shape index (κ3) is 1.85. The molecule has 0 aliphatic heterocycles. The molecule has 0 saturated heterocycles. The zero-order chi connectivity index (χ0) is 8.15. The molecule has 5 nitrogen and oxygen atoms in total. The highest BCUT2D eigenvalue weighted by atomic mass is 16.3. The lowest BCUT2D eigenvalue weighted by Gasteiger charge is -1.95. The van der Waals surface area contributed by atoms with E-state index in [2.05, 4.69) is 10.5 Å². The Balaban J connectivity index is 4.53. The van der Waals surface area contributed by atoms with Crippen molar-refractivity contribution in [3.63, 3.8) is 0 Å². The van der Waals surface area contributed by atoms with E-state index in [1.54, 1.807) is 0 Å². The summed E-state index contributed by atoms with van der Waals surface area (Å²) in [6.45, 7) is 1.21. The summed E-state index contributed by atoms with van der Waals surface area (Å²) in [6, 6.07) is 0. The molecule has 0 rings (SSSR count). The molecular formula is C5H8N2O3. The summed E-state index contributed by atoms with van der Waals surface area (Å²) < 4.78 is 0. The number of nitrogens with zero attached hydrogens (tertiary/aromatic N) is 1. The van der Waals surface area contributed by atoms with E-state index in [9.17, 15) is 9.70 Å². The van der Waals surface area contributed by atoms with Crippen LogP contribution in [0.15, 0.2) is 16.6 Å². The molecule has 0 aromatic carbocycles. The minimum absolute atomic E-state index is 0.380. The van der Waals surface area contributed by atoms with Gasteiger partial charge in [0.15, 0.2) is 0 Å². The molecular weight excluding hydrogens is 136 g/mol. The summed E-state index contributed by atoms with van der Waals surface area (Å²) in [5.41, 5.74) is -0.484. The van der Waals surface area contributed by atoms with Crippen LogP contribution >= 0.6 is 0 Å². The molecule has 0 spiro atoms. The normalized spacial score (nSPS) is 11.8. The van der Waals surface area contributed by atoms with Gasteiger partial charge in [-0.25, -0.2) is 0 Å². The minimum Gasteiger partial charge on any atom is -0.510 e. The Hall–Kier alpha value is -1.39. The molecule has 0 atom stereocenters. The van der Waals surface area contributed by atoms with Crippen LogP contribution in [-0.2, 0) is 4.79 Å². The van der Waals surface area contributed by atoms with Crippen LogP contribution in [0.25, 0.3) is 0 Å². The van der Waals surface area contributed by atoms with Crippen molar-refractivity contribution in [1.29, 1.82) is 0 Å². The maximum absolute atomic E-state index is 10.6. The SMILES string of the molecule is CNC(=O)/C(N=O)=C(\C)O.